The number of para-hydroxylation sites is 1. The average molecular weight is 354 g/mol. The van der Waals surface area contributed by atoms with E-state index in [0.717, 1.165) is 0 Å². The number of nitrogens with one attached hydrogen (secondary N) is 1. The normalized spacial score (nSPS) is 11.0. The molecule has 1 N–H and O–H groups in total. The van der Waals surface area contributed by atoms with E-state index in [0.29, 0.717) is 17.1 Å². The second kappa shape index (κ2) is 8.67. The molecule has 0 saturated carbocycles. The molecule has 0 saturated heterocycles. The summed E-state index contributed by atoms with van der Waals surface area (Å²) in [5.74, 6) is -0.215. The van der Waals surface area contributed by atoms with Gasteiger partial charge in [0.2, 0.25) is 0 Å². The molecule has 0 aliphatic carbocycles. The van der Waals surface area contributed by atoms with Crippen molar-refractivity contribution in [1.82, 2.24) is 0 Å². The first-order valence-corrected chi connectivity index (χ1v) is 7.97. The van der Waals surface area contributed by atoms with Crippen molar-refractivity contribution in [2.45, 2.75) is 20.0 Å². The van der Waals surface area contributed by atoms with Crippen molar-refractivity contribution in [3.05, 3.63) is 59.4 Å². The van der Waals surface area contributed by atoms with E-state index >= 15 is 0 Å². The number of methoxy groups -OCH3 is 1. The molecule has 0 radical (unpaired) electrons. The number of halogens is 1. The van der Waals surface area contributed by atoms with E-state index in [1.54, 1.807) is 24.3 Å². The summed E-state index contributed by atoms with van der Waals surface area (Å²) in [5, 5.41) is 11.7. The van der Waals surface area contributed by atoms with E-state index in [2.05, 4.69) is 5.32 Å². The van der Waals surface area contributed by atoms with Crippen LogP contribution >= 0.6 is 0 Å². The highest BCUT2D eigenvalue weighted by Gasteiger charge is 2.14. The van der Waals surface area contributed by atoms with Gasteiger partial charge in [0.15, 0.2) is 0 Å². The SMILES string of the molecule is COc1ccc(/C=C(\C#N)C(=O)Nc2ccccc2F)c(OC(C)C)c1. The van der Waals surface area contributed by atoms with Crippen LogP contribution in [-0.2, 0) is 4.79 Å². The lowest BCUT2D eigenvalue weighted by Crippen LogP contribution is -2.14. The first-order chi connectivity index (χ1) is 12.4. The molecule has 0 unspecified atom stereocenters. The Morgan fingerprint density at radius 3 is 2.62 bits per heavy atom. The molecule has 6 heteroatoms. The Labute approximate surface area is 151 Å². The molecule has 26 heavy (non-hydrogen) atoms. The van der Waals surface area contributed by atoms with Crippen molar-refractivity contribution in [2.24, 2.45) is 0 Å². The summed E-state index contributed by atoms with van der Waals surface area (Å²) in [6, 6.07) is 12.6. The van der Waals surface area contributed by atoms with Crippen LogP contribution in [0.3, 0.4) is 0 Å². The quantitative estimate of drug-likeness (QED) is 0.624. The van der Waals surface area contributed by atoms with Gasteiger partial charge in [0.1, 0.15) is 29.0 Å². The second-order valence-electron chi connectivity index (χ2n) is 5.67. The van der Waals surface area contributed by atoms with Crippen molar-refractivity contribution >= 4 is 17.7 Å². The number of hydrogen-bond donors (Lipinski definition) is 1. The number of hydrogen-bond acceptors (Lipinski definition) is 4. The molecule has 0 heterocycles. The molecule has 0 spiro atoms. The van der Waals surface area contributed by atoms with Gasteiger partial charge in [0, 0.05) is 11.6 Å². The minimum atomic E-state index is -0.705. The predicted molar refractivity (Wildman–Crippen MR) is 97.4 cm³/mol. The molecule has 1 amide bonds. The molecule has 0 aliphatic rings. The fraction of sp³-hybridized carbons (Fsp3) is 0.200. The number of carbonyl (C=O) groups excluding carboxylic acids is 1. The van der Waals surface area contributed by atoms with E-state index in [1.165, 1.54) is 31.4 Å². The van der Waals surface area contributed by atoms with Gasteiger partial charge in [-0.15, -0.1) is 0 Å². The minimum Gasteiger partial charge on any atom is -0.497 e. The van der Waals surface area contributed by atoms with Crippen LogP contribution in [0.2, 0.25) is 0 Å². The van der Waals surface area contributed by atoms with E-state index in [1.807, 2.05) is 19.9 Å². The maximum atomic E-state index is 13.7. The third-order valence-corrected chi connectivity index (χ3v) is 3.37. The second-order valence-corrected chi connectivity index (χ2v) is 5.67. The standard InChI is InChI=1S/C20H19FN2O3/c1-13(2)26-19-11-16(25-3)9-8-14(19)10-15(12-22)20(24)23-18-7-5-4-6-17(18)21/h4-11,13H,1-3H3,(H,23,24)/b15-10+. The fourth-order valence-electron chi connectivity index (χ4n) is 2.17. The Bertz CT molecular complexity index is 870. The van der Waals surface area contributed by atoms with E-state index in [9.17, 15) is 14.4 Å². The Morgan fingerprint density at radius 2 is 2.00 bits per heavy atom. The predicted octanol–water partition coefficient (Wildman–Crippen LogP) is 4.17. The largest absolute Gasteiger partial charge is 0.497 e. The Kier molecular flexibility index (Phi) is 6.34. The summed E-state index contributed by atoms with van der Waals surface area (Å²) in [4.78, 5) is 12.3. The lowest BCUT2D eigenvalue weighted by Gasteiger charge is -2.14. The summed E-state index contributed by atoms with van der Waals surface area (Å²) < 4.78 is 24.6. The zero-order chi connectivity index (χ0) is 19.1. The number of benzene rings is 2. The fourth-order valence-corrected chi connectivity index (χ4v) is 2.17. The monoisotopic (exact) mass is 354 g/mol. The molecule has 0 aromatic heterocycles. The van der Waals surface area contributed by atoms with Gasteiger partial charge in [0.25, 0.3) is 5.91 Å². The summed E-state index contributed by atoms with van der Waals surface area (Å²) >= 11 is 0. The van der Waals surface area contributed by atoms with Crippen LogP contribution in [0.1, 0.15) is 19.4 Å². The van der Waals surface area contributed by atoms with E-state index in [4.69, 9.17) is 9.47 Å². The summed E-state index contributed by atoms with van der Waals surface area (Å²) in [6.07, 6.45) is 1.29. The molecular weight excluding hydrogens is 335 g/mol. The lowest BCUT2D eigenvalue weighted by molar-refractivity contribution is -0.112. The number of amides is 1. The first kappa shape index (κ1) is 19.0. The molecular formula is C20H19FN2O3. The van der Waals surface area contributed by atoms with Crippen LogP contribution in [0.4, 0.5) is 10.1 Å². The third-order valence-electron chi connectivity index (χ3n) is 3.37. The number of anilines is 1. The van der Waals surface area contributed by atoms with Gasteiger partial charge in [-0.2, -0.15) is 5.26 Å². The first-order valence-electron chi connectivity index (χ1n) is 7.97. The third kappa shape index (κ3) is 4.84. The Balaban J connectivity index is 2.34. The van der Waals surface area contributed by atoms with Crippen LogP contribution in [0, 0.1) is 17.1 Å². The number of nitriles is 1. The van der Waals surface area contributed by atoms with Crippen molar-refractivity contribution in [2.75, 3.05) is 12.4 Å². The van der Waals surface area contributed by atoms with E-state index < -0.39 is 11.7 Å². The van der Waals surface area contributed by atoms with Crippen LogP contribution in [0.15, 0.2) is 48.0 Å². The highest BCUT2D eigenvalue weighted by Crippen LogP contribution is 2.28. The summed E-state index contributed by atoms with van der Waals surface area (Å²) in [7, 11) is 1.53. The van der Waals surface area contributed by atoms with Gasteiger partial charge >= 0.3 is 0 Å². The molecule has 2 aromatic rings. The van der Waals surface area contributed by atoms with Crippen LogP contribution in [0.25, 0.3) is 6.08 Å². The molecule has 0 fully saturated rings. The minimum absolute atomic E-state index is 0.00651. The summed E-state index contributed by atoms with van der Waals surface area (Å²) in [5.41, 5.74) is 0.374. The van der Waals surface area contributed by atoms with Gasteiger partial charge in [-0.25, -0.2) is 4.39 Å². The number of carbonyl (C=O) groups is 1. The van der Waals surface area contributed by atoms with Crippen LogP contribution in [-0.4, -0.2) is 19.1 Å². The molecule has 2 aromatic carbocycles. The lowest BCUT2D eigenvalue weighted by atomic mass is 10.1. The van der Waals surface area contributed by atoms with Crippen LogP contribution in [0.5, 0.6) is 11.5 Å². The maximum absolute atomic E-state index is 13.7. The zero-order valence-corrected chi connectivity index (χ0v) is 14.7. The average Bonchev–Trinajstić information content (AvgIpc) is 2.61. The van der Waals surface area contributed by atoms with Crippen molar-refractivity contribution < 1.29 is 18.7 Å². The maximum Gasteiger partial charge on any atom is 0.266 e. The topological polar surface area (TPSA) is 71.3 Å². The molecule has 2 rings (SSSR count). The molecule has 0 aliphatic heterocycles. The highest BCUT2D eigenvalue weighted by molar-refractivity contribution is 6.09. The highest BCUT2D eigenvalue weighted by atomic mass is 19.1. The van der Waals surface area contributed by atoms with Gasteiger partial charge in [0.05, 0.1) is 18.9 Å². The van der Waals surface area contributed by atoms with Gasteiger partial charge < -0.3 is 14.8 Å². The molecule has 0 bridgehead atoms. The Morgan fingerprint density at radius 1 is 1.27 bits per heavy atom. The molecule has 0 atom stereocenters. The Hall–Kier alpha value is -3.33. The van der Waals surface area contributed by atoms with E-state index in [-0.39, 0.29) is 17.4 Å². The number of ether oxygens (including phenoxy) is 2. The van der Waals surface area contributed by atoms with Gasteiger partial charge in [-0.3, -0.25) is 4.79 Å². The smallest absolute Gasteiger partial charge is 0.266 e. The molecule has 5 nitrogen and oxygen atoms in total. The number of nitrogens with zero attached hydrogens (tertiary/aromatic N) is 1. The zero-order valence-electron chi connectivity index (χ0n) is 14.7. The van der Waals surface area contributed by atoms with Gasteiger partial charge in [-0.1, -0.05) is 12.1 Å². The van der Waals surface area contributed by atoms with Crippen molar-refractivity contribution in [3.63, 3.8) is 0 Å². The molecule has 134 valence electrons. The van der Waals surface area contributed by atoms with Crippen molar-refractivity contribution in [3.8, 4) is 17.6 Å². The summed E-state index contributed by atoms with van der Waals surface area (Å²) in [6.45, 7) is 3.73. The number of rotatable bonds is 6. The van der Waals surface area contributed by atoms with Gasteiger partial charge in [-0.05, 0) is 44.2 Å². The van der Waals surface area contributed by atoms with Crippen LogP contribution < -0.4 is 14.8 Å². The van der Waals surface area contributed by atoms with Crippen molar-refractivity contribution in [1.29, 1.82) is 5.26 Å².